The van der Waals surface area contributed by atoms with E-state index >= 15 is 0 Å². The lowest BCUT2D eigenvalue weighted by Crippen LogP contribution is -2.34. The SMILES string of the molecule is O=P(N1CCOCCOCCOCCOCCOCC1)(N1CC1)N1CC1. The van der Waals surface area contributed by atoms with Gasteiger partial charge in [0.1, 0.15) is 0 Å². The van der Waals surface area contributed by atoms with E-state index in [0.29, 0.717) is 79.2 Å². The number of rotatable bonds is 3. The molecule has 3 aliphatic rings. The van der Waals surface area contributed by atoms with Crippen molar-refractivity contribution in [1.82, 2.24) is 14.0 Å². The highest BCUT2D eigenvalue weighted by molar-refractivity contribution is 7.57. The van der Waals surface area contributed by atoms with Crippen molar-refractivity contribution in [2.24, 2.45) is 0 Å². The van der Waals surface area contributed by atoms with Gasteiger partial charge < -0.3 is 23.7 Å². The van der Waals surface area contributed by atoms with Gasteiger partial charge >= 0.3 is 0 Å². The van der Waals surface area contributed by atoms with Crippen LogP contribution in [0.15, 0.2) is 0 Å². The highest BCUT2D eigenvalue weighted by atomic mass is 31.2. The third kappa shape index (κ3) is 6.51. The molecule has 3 aliphatic heterocycles. The van der Waals surface area contributed by atoms with Crippen LogP contribution in [0.1, 0.15) is 0 Å². The molecule has 3 fully saturated rings. The van der Waals surface area contributed by atoms with Gasteiger partial charge in [0.05, 0.1) is 66.1 Å². The Morgan fingerprint density at radius 2 is 0.692 bits per heavy atom. The summed E-state index contributed by atoms with van der Waals surface area (Å²) in [6.07, 6.45) is 0. The Labute approximate surface area is 156 Å². The molecular formula is C16H32N3O6P. The average Bonchev–Trinajstić information content (AvgIpc) is 3.52. The summed E-state index contributed by atoms with van der Waals surface area (Å²) in [4.78, 5) is 0. The van der Waals surface area contributed by atoms with Gasteiger partial charge in [-0.05, 0) is 0 Å². The zero-order chi connectivity index (χ0) is 18.1. The lowest BCUT2D eigenvalue weighted by Gasteiger charge is -2.32. The van der Waals surface area contributed by atoms with Crippen LogP contribution in [0.25, 0.3) is 0 Å². The maximum atomic E-state index is 13.6. The van der Waals surface area contributed by atoms with E-state index in [2.05, 4.69) is 14.0 Å². The van der Waals surface area contributed by atoms with Crippen LogP contribution in [0.3, 0.4) is 0 Å². The predicted octanol–water partition coefficient (Wildman–Crippen LogP) is 0.124. The van der Waals surface area contributed by atoms with Crippen molar-refractivity contribution in [1.29, 1.82) is 0 Å². The molecular weight excluding hydrogens is 361 g/mol. The van der Waals surface area contributed by atoms with Gasteiger partial charge in [0, 0.05) is 39.3 Å². The van der Waals surface area contributed by atoms with E-state index in [0.717, 1.165) is 26.2 Å². The van der Waals surface area contributed by atoms with E-state index in [1.54, 1.807) is 0 Å². The van der Waals surface area contributed by atoms with Gasteiger partial charge in [-0.25, -0.2) is 14.0 Å². The predicted molar refractivity (Wildman–Crippen MR) is 96.4 cm³/mol. The fourth-order valence-electron chi connectivity index (χ4n) is 2.84. The smallest absolute Gasteiger partial charge is 0.287 e. The zero-order valence-corrected chi connectivity index (χ0v) is 16.4. The first kappa shape index (κ1) is 20.6. The molecule has 0 bridgehead atoms. The molecule has 9 nitrogen and oxygen atoms in total. The molecule has 0 saturated carbocycles. The third-order valence-corrected chi connectivity index (χ3v) is 7.84. The van der Waals surface area contributed by atoms with Gasteiger partial charge in [0.25, 0.3) is 7.59 Å². The second kappa shape index (κ2) is 11.0. The van der Waals surface area contributed by atoms with Crippen LogP contribution in [0.5, 0.6) is 0 Å². The molecule has 0 amide bonds. The summed E-state index contributed by atoms with van der Waals surface area (Å²) in [7, 11) is -2.61. The second-order valence-electron chi connectivity index (χ2n) is 6.44. The molecule has 0 spiro atoms. The number of hydrogen-bond donors (Lipinski definition) is 0. The molecule has 0 N–H and O–H groups in total. The Morgan fingerprint density at radius 3 is 1.00 bits per heavy atom. The molecule has 0 atom stereocenters. The molecule has 10 heteroatoms. The summed E-state index contributed by atoms with van der Waals surface area (Å²) in [5, 5.41) is 0. The molecule has 0 aromatic carbocycles. The highest BCUT2D eigenvalue weighted by Gasteiger charge is 2.51. The van der Waals surface area contributed by atoms with Gasteiger partial charge in [-0.1, -0.05) is 0 Å². The zero-order valence-electron chi connectivity index (χ0n) is 15.6. The Balaban J connectivity index is 1.49. The minimum atomic E-state index is -2.61. The normalized spacial score (nSPS) is 27.5. The summed E-state index contributed by atoms with van der Waals surface area (Å²) in [6, 6.07) is 0. The average molecular weight is 393 g/mol. The molecule has 26 heavy (non-hydrogen) atoms. The van der Waals surface area contributed by atoms with E-state index in [-0.39, 0.29) is 0 Å². The fourth-order valence-corrected chi connectivity index (χ4v) is 5.82. The third-order valence-electron chi connectivity index (χ3n) is 4.43. The maximum absolute atomic E-state index is 13.6. The van der Waals surface area contributed by atoms with Crippen LogP contribution in [0, 0.1) is 0 Å². The van der Waals surface area contributed by atoms with Gasteiger partial charge in [-0.2, -0.15) is 0 Å². The van der Waals surface area contributed by atoms with Crippen molar-refractivity contribution < 1.29 is 28.2 Å². The Bertz CT molecular complexity index is 416. The topological polar surface area (TPSA) is 72.5 Å². The largest absolute Gasteiger partial charge is 0.378 e. The fraction of sp³-hybridized carbons (Fsp3) is 1.00. The first-order chi connectivity index (χ1) is 12.8. The Kier molecular flexibility index (Phi) is 8.77. The van der Waals surface area contributed by atoms with E-state index in [9.17, 15) is 4.57 Å². The number of nitrogens with zero attached hydrogens (tertiary/aromatic N) is 3. The lowest BCUT2D eigenvalue weighted by atomic mass is 10.6. The van der Waals surface area contributed by atoms with Gasteiger partial charge in [0.15, 0.2) is 0 Å². The van der Waals surface area contributed by atoms with Gasteiger partial charge in [0.2, 0.25) is 0 Å². The van der Waals surface area contributed by atoms with Gasteiger partial charge in [-0.15, -0.1) is 0 Å². The minimum Gasteiger partial charge on any atom is -0.378 e. The van der Waals surface area contributed by atoms with Crippen LogP contribution >= 0.6 is 7.59 Å². The molecule has 0 aromatic heterocycles. The quantitative estimate of drug-likeness (QED) is 0.491. The van der Waals surface area contributed by atoms with E-state index in [4.69, 9.17) is 23.7 Å². The van der Waals surface area contributed by atoms with Crippen LogP contribution in [0.2, 0.25) is 0 Å². The minimum absolute atomic E-state index is 0.533. The first-order valence-electron chi connectivity index (χ1n) is 9.57. The molecule has 3 heterocycles. The van der Waals surface area contributed by atoms with Crippen molar-refractivity contribution in [3.63, 3.8) is 0 Å². The van der Waals surface area contributed by atoms with Gasteiger partial charge in [-0.3, -0.25) is 4.57 Å². The van der Waals surface area contributed by atoms with Crippen LogP contribution in [-0.4, -0.2) is 119 Å². The summed E-state index contributed by atoms with van der Waals surface area (Å²) in [5.74, 6) is 0. The van der Waals surface area contributed by atoms with Crippen molar-refractivity contribution in [3.8, 4) is 0 Å². The molecule has 0 aromatic rings. The summed E-state index contributed by atoms with van der Waals surface area (Å²) < 4.78 is 47.6. The van der Waals surface area contributed by atoms with Crippen molar-refractivity contribution in [2.75, 3.05) is 105 Å². The van der Waals surface area contributed by atoms with E-state index < -0.39 is 7.59 Å². The monoisotopic (exact) mass is 393 g/mol. The van der Waals surface area contributed by atoms with Crippen LogP contribution in [-0.2, 0) is 28.2 Å². The summed E-state index contributed by atoms with van der Waals surface area (Å²) >= 11 is 0. The lowest BCUT2D eigenvalue weighted by molar-refractivity contribution is -0.0154. The Hall–Kier alpha value is -0.0900. The molecule has 3 rings (SSSR count). The summed E-state index contributed by atoms with van der Waals surface area (Å²) in [6.45, 7) is 10.4. The molecule has 3 saturated heterocycles. The molecule has 0 unspecified atom stereocenters. The molecule has 152 valence electrons. The van der Waals surface area contributed by atoms with Crippen LogP contribution < -0.4 is 0 Å². The van der Waals surface area contributed by atoms with Crippen molar-refractivity contribution in [2.45, 2.75) is 0 Å². The highest BCUT2D eigenvalue weighted by Crippen LogP contribution is 2.62. The van der Waals surface area contributed by atoms with Crippen molar-refractivity contribution >= 4 is 7.59 Å². The maximum Gasteiger partial charge on any atom is 0.287 e. The molecule has 0 radical (unpaired) electrons. The number of ether oxygens (including phenoxy) is 5. The molecule has 0 aliphatic carbocycles. The van der Waals surface area contributed by atoms with Crippen molar-refractivity contribution in [3.05, 3.63) is 0 Å². The Morgan fingerprint density at radius 1 is 0.423 bits per heavy atom. The first-order valence-corrected chi connectivity index (χ1v) is 11.1. The van der Waals surface area contributed by atoms with Crippen LogP contribution in [0.4, 0.5) is 0 Å². The second-order valence-corrected chi connectivity index (χ2v) is 9.16. The van der Waals surface area contributed by atoms with E-state index in [1.807, 2.05) is 0 Å². The number of hydrogen-bond acceptors (Lipinski definition) is 6. The van der Waals surface area contributed by atoms with E-state index in [1.165, 1.54) is 0 Å². The summed E-state index contributed by atoms with van der Waals surface area (Å²) in [5.41, 5.74) is 0. The standard InChI is InChI=1S/C16H32N3O6P/c20-26(17-1-2-17,18-3-4-18)19-5-7-21-9-11-23-13-15-25-16-14-24-12-10-22-8-6-19/h1-16H2.